The third-order valence-corrected chi connectivity index (χ3v) is 2.22. The second kappa shape index (κ2) is 3.21. The lowest BCUT2D eigenvalue weighted by molar-refractivity contribution is -0.125. The van der Waals surface area contributed by atoms with Crippen molar-refractivity contribution >= 4 is 11.8 Å². The van der Waals surface area contributed by atoms with E-state index in [0.29, 0.717) is 5.56 Å². The van der Waals surface area contributed by atoms with Crippen molar-refractivity contribution in [1.82, 2.24) is 5.32 Å². The number of carbonyl (C=O) groups excluding carboxylic acids is 2. The van der Waals surface area contributed by atoms with Gasteiger partial charge < -0.3 is 0 Å². The van der Waals surface area contributed by atoms with Crippen LogP contribution in [0, 0.1) is 5.82 Å². The van der Waals surface area contributed by atoms with Crippen molar-refractivity contribution in [3.8, 4) is 0 Å². The fourth-order valence-corrected chi connectivity index (χ4v) is 1.55. The van der Waals surface area contributed by atoms with E-state index in [1.54, 1.807) is 6.07 Å². The van der Waals surface area contributed by atoms with E-state index in [4.69, 9.17) is 0 Å². The SMILES string of the molecule is O=C1CC(c2cccc(F)c2)C(=O)N1. The number of hydrogen-bond acceptors (Lipinski definition) is 2. The Bertz CT molecular complexity index is 403. The van der Waals surface area contributed by atoms with Crippen molar-refractivity contribution in [3.63, 3.8) is 0 Å². The molecular weight excluding hydrogens is 185 g/mol. The lowest BCUT2D eigenvalue weighted by atomic mass is 9.98. The molecule has 1 aliphatic rings. The molecule has 1 aromatic carbocycles. The van der Waals surface area contributed by atoms with Gasteiger partial charge in [0.15, 0.2) is 0 Å². The van der Waals surface area contributed by atoms with Crippen LogP contribution in [0.1, 0.15) is 17.9 Å². The van der Waals surface area contributed by atoms with Crippen LogP contribution in [0.15, 0.2) is 24.3 Å². The second-order valence-electron chi connectivity index (χ2n) is 3.22. The zero-order chi connectivity index (χ0) is 10.1. The zero-order valence-electron chi connectivity index (χ0n) is 7.29. The summed E-state index contributed by atoms with van der Waals surface area (Å²) in [7, 11) is 0. The molecule has 0 spiro atoms. The van der Waals surface area contributed by atoms with Gasteiger partial charge in [0, 0.05) is 6.42 Å². The Morgan fingerprint density at radius 2 is 2.14 bits per heavy atom. The Kier molecular flexibility index (Phi) is 2.04. The minimum atomic E-state index is -0.529. The number of halogens is 1. The topological polar surface area (TPSA) is 46.2 Å². The number of imide groups is 1. The van der Waals surface area contributed by atoms with Gasteiger partial charge in [-0.25, -0.2) is 4.39 Å². The number of hydrogen-bond donors (Lipinski definition) is 1. The van der Waals surface area contributed by atoms with E-state index in [9.17, 15) is 14.0 Å². The maximum atomic E-state index is 12.8. The van der Waals surface area contributed by atoms with Gasteiger partial charge in [-0.2, -0.15) is 0 Å². The number of amides is 2. The van der Waals surface area contributed by atoms with Crippen LogP contribution in [0.2, 0.25) is 0 Å². The van der Waals surface area contributed by atoms with Gasteiger partial charge in [-0.05, 0) is 17.7 Å². The zero-order valence-corrected chi connectivity index (χ0v) is 7.29. The van der Waals surface area contributed by atoms with Gasteiger partial charge in [-0.15, -0.1) is 0 Å². The average molecular weight is 193 g/mol. The highest BCUT2D eigenvalue weighted by atomic mass is 19.1. The molecule has 0 bridgehead atoms. The van der Waals surface area contributed by atoms with E-state index in [1.807, 2.05) is 0 Å². The molecule has 1 saturated heterocycles. The van der Waals surface area contributed by atoms with E-state index < -0.39 is 11.7 Å². The Labute approximate surface area is 79.9 Å². The van der Waals surface area contributed by atoms with E-state index in [0.717, 1.165) is 0 Å². The highest BCUT2D eigenvalue weighted by Crippen LogP contribution is 2.24. The Morgan fingerprint density at radius 1 is 1.36 bits per heavy atom. The molecular formula is C10H8FNO2. The first-order valence-corrected chi connectivity index (χ1v) is 4.26. The van der Waals surface area contributed by atoms with Crippen LogP contribution in [0.25, 0.3) is 0 Å². The third kappa shape index (κ3) is 1.51. The standard InChI is InChI=1S/C10H8FNO2/c11-7-3-1-2-6(4-7)8-5-9(13)12-10(8)14/h1-4,8H,5H2,(H,12,13,14). The molecule has 1 aromatic rings. The Hall–Kier alpha value is -1.71. The first kappa shape index (κ1) is 8.87. The van der Waals surface area contributed by atoms with Crippen LogP contribution in [0.3, 0.4) is 0 Å². The molecule has 1 N–H and O–H groups in total. The van der Waals surface area contributed by atoms with Gasteiger partial charge in [0.1, 0.15) is 5.82 Å². The van der Waals surface area contributed by atoms with Crippen molar-refractivity contribution < 1.29 is 14.0 Å². The predicted octanol–water partition coefficient (Wildman–Crippen LogP) is 0.956. The molecule has 2 amide bonds. The van der Waals surface area contributed by atoms with Crippen LogP contribution in [-0.4, -0.2) is 11.8 Å². The molecule has 72 valence electrons. The van der Waals surface area contributed by atoms with Gasteiger partial charge in [-0.3, -0.25) is 14.9 Å². The lowest BCUT2D eigenvalue weighted by Gasteiger charge is -2.05. The predicted molar refractivity (Wildman–Crippen MR) is 46.9 cm³/mol. The first-order chi connectivity index (χ1) is 6.66. The summed E-state index contributed by atoms with van der Waals surface area (Å²) in [6, 6.07) is 5.76. The molecule has 1 unspecified atom stereocenters. The van der Waals surface area contributed by atoms with Crippen molar-refractivity contribution in [1.29, 1.82) is 0 Å². The fraction of sp³-hybridized carbons (Fsp3) is 0.200. The van der Waals surface area contributed by atoms with E-state index in [2.05, 4.69) is 5.32 Å². The molecule has 4 heteroatoms. The fourth-order valence-electron chi connectivity index (χ4n) is 1.55. The molecule has 14 heavy (non-hydrogen) atoms. The maximum absolute atomic E-state index is 12.8. The smallest absolute Gasteiger partial charge is 0.234 e. The van der Waals surface area contributed by atoms with Crippen molar-refractivity contribution in [2.45, 2.75) is 12.3 Å². The minimum absolute atomic E-state index is 0.113. The van der Waals surface area contributed by atoms with Crippen molar-refractivity contribution in [3.05, 3.63) is 35.6 Å². The van der Waals surface area contributed by atoms with Crippen LogP contribution in [0.5, 0.6) is 0 Å². The highest BCUT2D eigenvalue weighted by molar-refractivity contribution is 6.06. The molecule has 2 rings (SSSR count). The molecule has 1 atom stereocenters. The summed E-state index contributed by atoms with van der Waals surface area (Å²) >= 11 is 0. The maximum Gasteiger partial charge on any atom is 0.234 e. The van der Waals surface area contributed by atoms with Gasteiger partial charge in [0.2, 0.25) is 11.8 Å². The molecule has 0 aliphatic carbocycles. The van der Waals surface area contributed by atoms with Crippen LogP contribution in [-0.2, 0) is 9.59 Å². The van der Waals surface area contributed by atoms with Crippen molar-refractivity contribution in [2.24, 2.45) is 0 Å². The number of nitrogens with one attached hydrogen (secondary N) is 1. The average Bonchev–Trinajstić information content (AvgIpc) is 2.45. The third-order valence-electron chi connectivity index (χ3n) is 2.22. The van der Waals surface area contributed by atoms with E-state index in [1.165, 1.54) is 18.2 Å². The summed E-state index contributed by atoms with van der Waals surface area (Å²) in [5.74, 6) is -1.57. The quantitative estimate of drug-likeness (QED) is 0.675. The molecule has 1 heterocycles. The first-order valence-electron chi connectivity index (χ1n) is 4.26. The summed E-state index contributed by atoms with van der Waals surface area (Å²) in [5.41, 5.74) is 0.549. The van der Waals surface area contributed by atoms with Crippen molar-refractivity contribution in [2.75, 3.05) is 0 Å². The van der Waals surface area contributed by atoms with Gasteiger partial charge in [-0.1, -0.05) is 12.1 Å². The summed E-state index contributed by atoms with van der Waals surface area (Å²) in [4.78, 5) is 22.1. The minimum Gasteiger partial charge on any atom is -0.296 e. The second-order valence-corrected chi connectivity index (χ2v) is 3.22. The Balaban J connectivity index is 2.31. The normalized spacial score (nSPS) is 21.1. The molecule has 1 aliphatic heterocycles. The summed E-state index contributed by atoms with van der Waals surface area (Å²) in [6.45, 7) is 0. The van der Waals surface area contributed by atoms with Crippen LogP contribution in [0.4, 0.5) is 4.39 Å². The monoisotopic (exact) mass is 193 g/mol. The van der Waals surface area contributed by atoms with Crippen LogP contribution >= 0.6 is 0 Å². The van der Waals surface area contributed by atoms with Crippen LogP contribution < -0.4 is 5.32 Å². The molecule has 0 aromatic heterocycles. The molecule has 1 fully saturated rings. The molecule has 0 radical (unpaired) electrons. The number of rotatable bonds is 1. The number of carbonyl (C=O) groups is 2. The summed E-state index contributed by atoms with van der Waals surface area (Å²) in [5, 5.41) is 2.18. The molecule has 0 saturated carbocycles. The van der Waals surface area contributed by atoms with Gasteiger partial charge >= 0.3 is 0 Å². The number of benzene rings is 1. The largest absolute Gasteiger partial charge is 0.296 e. The summed E-state index contributed by atoms with van der Waals surface area (Å²) in [6.07, 6.45) is 0.113. The van der Waals surface area contributed by atoms with E-state index >= 15 is 0 Å². The van der Waals surface area contributed by atoms with Gasteiger partial charge in [0.25, 0.3) is 0 Å². The van der Waals surface area contributed by atoms with E-state index in [-0.39, 0.29) is 18.2 Å². The summed E-state index contributed by atoms with van der Waals surface area (Å²) < 4.78 is 12.8. The Morgan fingerprint density at radius 3 is 2.71 bits per heavy atom. The highest BCUT2D eigenvalue weighted by Gasteiger charge is 2.31. The molecule has 3 nitrogen and oxygen atoms in total. The van der Waals surface area contributed by atoms with Gasteiger partial charge in [0.05, 0.1) is 5.92 Å². The lowest BCUT2D eigenvalue weighted by Crippen LogP contribution is -2.21.